The highest BCUT2D eigenvalue weighted by atomic mass is 35.5. The van der Waals surface area contributed by atoms with Gasteiger partial charge >= 0.3 is 0 Å². The lowest BCUT2D eigenvalue weighted by Crippen LogP contribution is -2.38. The molecule has 1 saturated heterocycles. The number of carbonyl (C=O) groups is 1. The zero-order valence-corrected chi connectivity index (χ0v) is 26.3. The Labute approximate surface area is 255 Å². The molecule has 13 heteroatoms. The lowest BCUT2D eigenvalue weighted by molar-refractivity contribution is 0.0977. The number of fused-ring (bicyclic) bond motifs is 1. The van der Waals surface area contributed by atoms with E-state index in [1.54, 1.807) is 17.7 Å². The maximum Gasteiger partial charge on any atom is 0.285 e. The first kappa shape index (κ1) is 30.4. The van der Waals surface area contributed by atoms with Crippen molar-refractivity contribution in [2.45, 2.75) is 45.6 Å². The van der Waals surface area contributed by atoms with Gasteiger partial charge in [0.1, 0.15) is 5.15 Å². The molecule has 1 aliphatic heterocycles. The number of aryl methyl sites for hydroxylation is 2. The molecule has 226 valence electrons. The van der Waals surface area contributed by atoms with Crippen LogP contribution >= 0.6 is 11.6 Å². The number of nitrogens with one attached hydrogen (secondary N) is 2. The summed E-state index contributed by atoms with van der Waals surface area (Å²) in [4.78, 5) is 42.2. The normalized spacial score (nSPS) is 15.0. The van der Waals surface area contributed by atoms with Crippen LogP contribution in [0, 0.1) is 13.8 Å². The third kappa shape index (κ3) is 6.65. The third-order valence-corrected chi connectivity index (χ3v) is 8.42. The van der Waals surface area contributed by atoms with Gasteiger partial charge in [-0.3, -0.25) is 19.1 Å². The quantitative estimate of drug-likeness (QED) is 0.289. The predicted octanol–water partition coefficient (Wildman–Crippen LogP) is 4.24. The summed E-state index contributed by atoms with van der Waals surface area (Å²) in [5.41, 5.74) is 4.35. The van der Waals surface area contributed by atoms with Crippen LogP contribution in [0.4, 0.5) is 11.6 Å². The number of benzene rings is 1. The second-order valence-corrected chi connectivity index (χ2v) is 13.3. The summed E-state index contributed by atoms with van der Waals surface area (Å²) in [6.45, 7) is 7.27. The van der Waals surface area contributed by atoms with Crippen molar-refractivity contribution in [3.05, 3.63) is 86.2 Å². The van der Waals surface area contributed by atoms with Gasteiger partial charge in [-0.2, -0.15) is 0 Å². The highest BCUT2D eigenvalue weighted by molar-refractivity contribution is 7.89. The average Bonchev–Trinajstić information content (AvgIpc) is 2.95. The number of sulfonamides is 1. The summed E-state index contributed by atoms with van der Waals surface area (Å²) in [5.74, 6) is 0.0256. The first-order valence-corrected chi connectivity index (χ1v) is 16.2. The molecular formula is C30H34ClN7O4S. The molecule has 1 atom stereocenters. The second kappa shape index (κ2) is 11.9. The van der Waals surface area contributed by atoms with Gasteiger partial charge in [-0.15, -0.1) is 0 Å². The Morgan fingerprint density at radius 1 is 1.07 bits per heavy atom. The van der Waals surface area contributed by atoms with E-state index in [4.69, 9.17) is 16.6 Å². The van der Waals surface area contributed by atoms with Gasteiger partial charge in [0, 0.05) is 43.5 Å². The molecule has 3 aromatic heterocycles. The summed E-state index contributed by atoms with van der Waals surface area (Å²) >= 11 is 6.03. The standard InChI is InChI=1S/C30H34ClN7O4S/c1-17-6-7-23(32-16-17)20-10-12-38(13-11-20)30-35-26-21(14-18(2)15-22(26)29(40)37(30)4)19(3)33-24-8-9-25(31)34-27(24)28(39)36-43(5,41)42/h6-9,14-16,19-20,33H,10-13H2,1-5H3,(H,36,39)/t19-/m1/s1. The molecule has 0 saturated carbocycles. The maximum atomic E-state index is 13.6. The van der Waals surface area contributed by atoms with Crippen LogP contribution in [0.5, 0.6) is 0 Å². The summed E-state index contributed by atoms with van der Waals surface area (Å²) in [6, 6.07) is 10.6. The molecule has 2 N–H and O–H groups in total. The van der Waals surface area contributed by atoms with Gasteiger partial charge in [0.25, 0.3) is 11.5 Å². The zero-order valence-electron chi connectivity index (χ0n) is 24.7. The van der Waals surface area contributed by atoms with E-state index in [2.05, 4.69) is 32.3 Å². The van der Waals surface area contributed by atoms with Crippen molar-refractivity contribution in [1.29, 1.82) is 0 Å². The fourth-order valence-corrected chi connectivity index (χ4v) is 6.08. The number of aromatic nitrogens is 4. The maximum absolute atomic E-state index is 13.6. The molecule has 1 aromatic carbocycles. The number of rotatable bonds is 7. The summed E-state index contributed by atoms with van der Waals surface area (Å²) in [7, 11) is -2.08. The summed E-state index contributed by atoms with van der Waals surface area (Å²) < 4.78 is 26.9. The van der Waals surface area contributed by atoms with Crippen molar-refractivity contribution < 1.29 is 13.2 Å². The number of nitrogens with zero attached hydrogens (tertiary/aromatic N) is 5. The minimum Gasteiger partial charge on any atom is -0.377 e. The van der Waals surface area contributed by atoms with E-state index >= 15 is 0 Å². The molecule has 0 unspecified atom stereocenters. The highest BCUT2D eigenvalue weighted by Crippen LogP contribution is 2.32. The zero-order chi connectivity index (χ0) is 31.1. The van der Waals surface area contributed by atoms with E-state index < -0.39 is 22.0 Å². The molecule has 11 nitrogen and oxygen atoms in total. The van der Waals surface area contributed by atoms with Crippen LogP contribution in [0.15, 0.2) is 47.4 Å². The van der Waals surface area contributed by atoms with Crippen molar-refractivity contribution >= 4 is 50.1 Å². The van der Waals surface area contributed by atoms with E-state index in [0.717, 1.165) is 54.6 Å². The molecule has 1 amide bonds. The first-order chi connectivity index (χ1) is 20.3. The highest BCUT2D eigenvalue weighted by Gasteiger charge is 2.26. The number of pyridine rings is 2. The van der Waals surface area contributed by atoms with Crippen molar-refractivity contribution in [2.24, 2.45) is 7.05 Å². The van der Waals surface area contributed by atoms with E-state index in [1.165, 1.54) is 6.07 Å². The van der Waals surface area contributed by atoms with Gasteiger partial charge in [0.15, 0.2) is 5.69 Å². The predicted molar refractivity (Wildman–Crippen MR) is 168 cm³/mol. The number of halogens is 1. The van der Waals surface area contributed by atoms with Crippen LogP contribution in [0.2, 0.25) is 5.15 Å². The van der Waals surface area contributed by atoms with E-state index in [1.807, 2.05) is 43.8 Å². The SMILES string of the molecule is Cc1ccc(C2CCN(c3nc4c([C@@H](C)Nc5ccc(Cl)nc5C(=O)NS(C)(=O)=O)cc(C)cc4c(=O)n3C)CC2)nc1. The van der Waals surface area contributed by atoms with Crippen molar-refractivity contribution in [2.75, 3.05) is 29.6 Å². The van der Waals surface area contributed by atoms with Gasteiger partial charge in [-0.05, 0) is 69.0 Å². The minimum atomic E-state index is -3.83. The van der Waals surface area contributed by atoms with Crippen LogP contribution in [0.1, 0.15) is 64.6 Å². The van der Waals surface area contributed by atoms with Crippen LogP contribution in [-0.4, -0.2) is 53.2 Å². The molecule has 0 radical (unpaired) electrons. The molecule has 0 bridgehead atoms. The van der Waals surface area contributed by atoms with Crippen LogP contribution in [0.25, 0.3) is 10.9 Å². The Morgan fingerprint density at radius 3 is 2.44 bits per heavy atom. The Morgan fingerprint density at radius 2 is 1.79 bits per heavy atom. The van der Waals surface area contributed by atoms with Crippen LogP contribution in [0.3, 0.4) is 0 Å². The first-order valence-electron chi connectivity index (χ1n) is 13.9. The molecule has 1 fully saturated rings. The Kier molecular flexibility index (Phi) is 8.44. The molecule has 4 aromatic rings. The van der Waals surface area contributed by atoms with Crippen LogP contribution < -0.4 is 20.5 Å². The molecule has 1 aliphatic rings. The van der Waals surface area contributed by atoms with Crippen molar-refractivity contribution in [3.63, 3.8) is 0 Å². The van der Waals surface area contributed by atoms with Gasteiger partial charge in [0.2, 0.25) is 16.0 Å². The van der Waals surface area contributed by atoms with E-state index in [0.29, 0.717) is 22.8 Å². The number of anilines is 2. The molecular weight excluding hydrogens is 590 g/mol. The van der Waals surface area contributed by atoms with Crippen molar-refractivity contribution in [3.8, 4) is 0 Å². The fraction of sp³-hybridized carbons (Fsp3) is 0.367. The minimum absolute atomic E-state index is 0.0367. The Hall–Kier alpha value is -4.03. The topological polar surface area (TPSA) is 139 Å². The van der Waals surface area contributed by atoms with E-state index in [9.17, 15) is 18.0 Å². The number of carbonyl (C=O) groups excluding carboxylic acids is 1. The van der Waals surface area contributed by atoms with Crippen LogP contribution in [-0.2, 0) is 17.1 Å². The number of hydrogen-bond donors (Lipinski definition) is 2. The van der Waals surface area contributed by atoms with Gasteiger partial charge < -0.3 is 10.2 Å². The third-order valence-electron chi connectivity index (χ3n) is 7.65. The fourth-order valence-electron chi connectivity index (χ4n) is 5.50. The summed E-state index contributed by atoms with van der Waals surface area (Å²) in [5, 5.41) is 3.78. The lowest BCUT2D eigenvalue weighted by Gasteiger charge is -2.33. The Bertz CT molecular complexity index is 1870. The smallest absolute Gasteiger partial charge is 0.285 e. The van der Waals surface area contributed by atoms with Crippen molar-refractivity contribution in [1.82, 2.24) is 24.2 Å². The second-order valence-electron chi connectivity index (χ2n) is 11.1. The molecule has 5 rings (SSSR count). The molecule has 4 heterocycles. The number of piperidine rings is 1. The molecule has 0 spiro atoms. The number of hydrogen-bond acceptors (Lipinski definition) is 9. The molecule has 43 heavy (non-hydrogen) atoms. The molecule has 0 aliphatic carbocycles. The largest absolute Gasteiger partial charge is 0.377 e. The Balaban J connectivity index is 1.48. The van der Waals surface area contributed by atoms with Gasteiger partial charge in [0.05, 0.1) is 28.9 Å². The van der Waals surface area contributed by atoms with Gasteiger partial charge in [-0.25, -0.2) is 23.1 Å². The van der Waals surface area contributed by atoms with E-state index in [-0.39, 0.29) is 22.1 Å². The lowest BCUT2D eigenvalue weighted by atomic mass is 9.93. The van der Waals surface area contributed by atoms with Gasteiger partial charge in [-0.1, -0.05) is 23.7 Å². The average molecular weight is 624 g/mol. The summed E-state index contributed by atoms with van der Waals surface area (Å²) in [6.07, 6.45) is 4.57. The monoisotopic (exact) mass is 623 g/mol. The number of amides is 1.